The van der Waals surface area contributed by atoms with Crippen LogP contribution in [0, 0.1) is 32.6 Å². The van der Waals surface area contributed by atoms with E-state index in [2.05, 4.69) is 25.2 Å². The molecule has 1 amide bonds. The van der Waals surface area contributed by atoms with E-state index in [0.29, 0.717) is 6.04 Å². The van der Waals surface area contributed by atoms with E-state index >= 15 is 0 Å². The van der Waals surface area contributed by atoms with Crippen LogP contribution in [0.1, 0.15) is 52.7 Å². The summed E-state index contributed by atoms with van der Waals surface area (Å²) in [5.74, 6) is 1.73. The summed E-state index contributed by atoms with van der Waals surface area (Å²) < 4.78 is 0. The molecule has 2 aliphatic carbocycles. The first-order chi connectivity index (χ1) is 9.04. The highest BCUT2D eigenvalue weighted by Crippen LogP contribution is 2.44. The smallest absolute Gasteiger partial charge is 0.251 e. The van der Waals surface area contributed by atoms with E-state index in [4.69, 9.17) is 0 Å². The average Bonchev–Trinajstić information content (AvgIpc) is 2.95. The standard InChI is InChI=1S/C17H23NO/c1-10-6-12(3)15(7-11(10)2)17(19)18-16-9-13-4-5-14(16)8-13/h6-7,13-14,16H,4-5,8-9H2,1-3H3,(H,18,19)/t13-,14-,16-/m1/s1. The summed E-state index contributed by atoms with van der Waals surface area (Å²) in [6.07, 6.45) is 5.21. The fourth-order valence-corrected chi connectivity index (χ4v) is 3.87. The molecular weight excluding hydrogens is 234 g/mol. The molecule has 2 fully saturated rings. The van der Waals surface area contributed by atoms with Crippen LogP contribution < -0.4 is 5.32 Å². The molecule has 0 unspecified atom stereocenters. The van der Waals surface area contributed by atoms with Crippen LogP contribution in [0.25, 0.3) is 0 Å². The molecule has 0 radical (unpaired) electrons. The van der Waals surface area contributed by atoms with Gasteiger partial charge < -0.3 is 5.32 Å². The van der Waals surface area contributed by atoms with Gasteiger partial charge in [-0.15, -0.1) is 0 Å². The number of carbonyl (C=O) groups is 1. The van der Waals surface area contributed by atoms with E-state index in [0.717, 1.165) is 23.0 Å². The Bertz CT molecular complexity index is 520. The molecule has 2 heteroatoms. The van der Waals surface area contributed by atoms with Crippen molar-refractivity contribution in [3.05, 3.63) is 34.4 Å². The van der Waals surface area contributed by atoms with Crippen molar-refractivity contribution < 1.29 is 4.79 Å². The van der Waals surface area contributed by atoms with Crippen molar-refractivity contribution in [3.63, 3.8) is 0 Å². The summed E-state index contributed by atoms with van der Waals surface area (Å²) in [5, 5.41) is 3.28. The van der Waals surface area contributed by atoms with Gasteiger partial charge in [-0.1, -0.05) is 12.5 Å². The van der Waals surface area contributed by atoms with Crippen molar-refractivity contribution >= 4 is 5.91 Å². The summed E-state index contributed by atoms with van der Waals surface area (Å²) in [4.78, 5) is 12.5. The quantitative estimate of drug-likeness (QED) is 0.862. The monoisotopic (exact) mass is 257 g/mol. The van der Waals surface area contributed by atoms with Crippen molar-refractivity contribution in [3.8, 4) is 0 Å². The predicted molar refractivity (Wildman–Crippen MR) is 77.4 cm³/mol. The molecule has 1 aromatic rings. The number of hydrogen-bond donors (Lipinski definition) is 1. The third kappa shape index (κ3) is 2.29. The number of carbonyl (C=O) groups excluding carboxylic acids is 1. The van der Waals surface area contributed by atoms with Crippen LogP contribution in [0.15, 0.2) is 12.1 Å². The number of hydrogen-bond acceptors (Lipinski definition) is 1. The van der Waals surface area contributed by atoms with Gasteiger partial charge in [0.05, 0.1) is 0 Å². The predicted octanol–water partition coefficient (Wildman–Crippen LogP) is 3.53. The zero-order valence-electron chi connectivity index (χ0n) is 12.1. The van der Waals surface area contributed by atoms with Gasteiger partial charge in [0, 0.05) is 11.6 Å². The molecule has 0 aromatic heterocycles. The molecule has 0 saturated heterocycles. The van der Waals surface area contributed by atoms with Crippen LogP contribution >= 0.6 is 0 Å². The van der Waals surface area contributed by atoms with E-state index in [1.165, 1.54) is 36.8 Å². The normalized spacial score (nSPS) is 28.7. The average molecular weight is 257 g/mol. The Balaban J connectivity index is 1.75. The molecular formula is C17H23NO. The highest BCUT2D eigenvalue weighted by molar-refractivity contribution is 5.96. The molecule has 2 nitrogen and oxygen atoms in total. The summed E-state index contributed by atoms with van der Waals surface area (Å²) in [6.45, 7) is 6.20. The van der Waals surface area contributed by atoms with Crippen molar-refractivity contribution in [1.82, 2.24) is 5.32 Å². The van der Waals surface area contributed by atoms with Crippen LogP contribution in [-0.4, -0.2) is 11.9 Å². The second kappa shape index (κ2) is 4.66. The lowest BCUT2D eigenvalue weighted by Crippen LogP contribution is -2.38. The Morgan fingerprint density at radius 1 is 1.05 bits per heavy atom. The first-order valence-electron chi connectivity index (χ1n) is 7.43. The molecule has 0 aliphatic heterocycles. The SMILES string of the molecule is Cc1cc(C)c(C(=O)N[C@@H]2C[C@@H]3CC[C@@H]2C3)cc1C. The highest BCUT2D eigenvalue weighted by Gasteiger charge is 2.40. The van der Waals surface area contributed by atoms with E-state index in [1.54, 1.807) is 0 Å². The van der Waals surface area contributed by atoms with Crippen LogP contribution in [0.3, 0.4) is 0 Å². The van der Waals surface area contributed by atoms with Gasteiger partial charge in [0.25, 0.3) is 5.91 Å². The Morgan fingerprint density at radius 3 is 2.42 bits per heavy atom. The van der Waals surface area contributed by atoms with E-state index < -0.39 is 0 Å². The number of rotatable bonds is 2. The van der Waals surface area contributed by atoms with Gasteiger partial charge in [0.2, 0.25) is 0 Å². The maximum atomic E-state index is 12.5. The number of amides is 1. The Kier molecular flexibility index (Phi) is 3.12. The first-order valence-corrected chi connectivity index (χ1v) is 7.43. The molecule has 2 aliphatic rings. The third-order valence-corrected chi connectivity index (χ3v) is 5.14. The molecule has 0 spiro atoms. The minimum atomic E-state index is 0.123. The number of nitrogens with one attached hydrogen (secondary N) is 1. The molecule has 0 heterocycles. The maximum absolute atomic E-state index is 12.5. The number of fused-ring (bicyclic) bond motifs is 2. The topological polar surface area (TPSA) is 29.1 Å². The largest absolute Gasteiger partial charge is 0.349 e. The molecule has 19 heavy (non-hydrogen) atoms. The van der Waals surface area contributed by atoms with Gasteiger partial charge in [-0.2, -0.15) is 0 Å². The van der Waals surface area contributed by atoms with Crippen molar-refractivity contribution in [1.29, 1.82) is 0 Å². The van der Waals surface area contributed by atoms with Gasteiger partial charge in [0.1, 0.15) is 0 Å². The lowest BCUT2D eigenvalue weighted by molar-refractivity contribution is 0.0922. The van der Waals surface area contributed by atoms with Gasteiger partial charge in [-0.25, -0.2) is 0 Å². The molecule has 1 aromatic carbocycles. The zero-order chi connectivity index (χ0) is 13.6. The lowest BCUT2D eigenvalue weighted by Gasteiger charge is -2.23. The summed E-state index contributed by atoms with van der Waals surface area (Å²) in [5.41, 5.74) is 4.40. The second-order valence-electron chi connectivity index (χ2n) is 6.51. The van der Waals surface area contributed by atoms with Crippen LogP contribution in [0.4, 0.5) is 0 Å². The minimum Gasteiger partial charge on any atom is -0.349 e. The first kappa shape index (κ1) is 12.7. The number of benzene rings is 1. The van der Waals surface area contributed by atoms with Crippen molar-refractivity contribution in [2.24, 2.45) is 11.8 Å². The zero-order valence-corrected chi connectivity index (χ0v) is 12.1. The summed E-state index contributed by atoms with van der Waals surface area (Å²) in [7, 11) is 0. The molecule has 102 valence electrons. The molecule has 2 bridgehead atoms. The minimum absolute atomic E-state index is 0.123. The van der Waals surface area contributed by atoms with Gasteiger partial charge in [-0.3, -0.25) is 4.79 Å². The molecule has 3 rings (SSSR count). The van der Waals surface area contributed by atoms with Crippen LogP contribution in [-0.2, 0) is 0 Å². The third-order valence-electron chi connectivity index (χ3n) is 5.14. The van der Waals surface area contributed by atoms with Crippen LogP contribution in [0.5, 0.6) is 0 Å². The van der Waals surface area contributed by atoms with Crippen molar-refractivity contribution in [2.75, 3.05) is 0 Å². The fraction of sp³-hybridized carbons (Fsp3) is 0.588. The van der Waals surface area contributed by atoms with Gasteiger partial charge in [-0.05, 0) is 74.6 Å². The van der Waals surface area contributed by atoms with E-state index in [9.17, 15) is 4.79 Å². The lowest BCUT2D eigenvalue weighted by atomic mass is 9.94. The Labute approximate surface area is 115 Å². The Hall–Kier alpha value is -1.31. The van der Waals surface area contributed by atoms with Crippen molar-refractivity contribution in [2.45, 2.75) is 52.5 Å². The molecule has 3 atom stereocenters. The second-order valence-corrected chi connectivity index (χ2v) is 6.51. The number of aryl methyl sites for hydroxylation is 3. The summed E-state index contributed by atoms with van der Waals surface area (Å²) >= 11 is 0. The van der Waals surface area contributed by atoms with E-state index in [1.807, 2.05) is 13.0 Å². The fourth-order valence-electron chi connectivity index (χ4n) is 3.87. The molecule has 2 saturated carbocycles. The van der Waals surface area contributed by atoms with E-state index in [-0.39, 0.29) is 5.91 Å². The van der Waals surface area contributed by atoms with Gasteiger partial charge >= 0.3 is 0 Å². The summed E-state index contributed by atoms with van der Waals surface area (Å²) in [6, 6.07) is 4.57. The van der Waals surface area contributed by atoms with Gasteiger partial charge in [0.15, 0.2) is 0 Å². The molecule has 1 N–H and O–H groups in total. The van der Waals surface area contributed by atoms with Crippen LogP contribution in [0.2, 0.25) is 0 Å². The Morgan fingerprint density at radius 2 is 1.79 bits per heavy atom. The highest BCUT2D eigenvalue weighted by atomic mass is 16.1. The maximum Gasteiger partial charge on any atom is 0.251 e.